The molecule has 1 aromatic carbocycles. The minimum absolute atomic E-state index is 0.118. The Kier molecular flexibility index (Phi) is 5.88. The second kappa shape index (κ2) is 7.67. The Bertz CT molecular complexity index is 422. The molecule has 1 aliphatic heterocycles. The van der Waals surface area contributed by atoms with E-state index in [9.17, 15) is 13.9 Å². The summed E-state index contributed by atoms with van der Waals surface area (Å²) >= 11 is 0. The SMILES string of the molecule is OC(CNCCC1CCCCO1)c1ccc(F)cc1F. The largest absolute Gasteiger partial charge is 0.387 e. The molecule has 0 saturated carbocycles. The molecule has 0 aliphatic carbocycles. The lowest BCUT2D eigenvalue weighted by molar-refractivity contribution is 0.0111. The van der Waals surface area contributed by atoms with Crippen LogP contribution in [0.15, 0.2) is 18.2 Å². The van der Waals surface area contributed by atoms with Gasteiger partial charge in [0.15, 0.2) is 0 Å². The molecular weight excluding hydrogens is 264 g/mol. The van der Waals surface area contributed by atoms with E-state index in [1.165, 1.54) is 12.5 Å². The molecule has 2 N–H and O–H groups in total. The van der Waals surface area contributed by atoms with Crippen molar-refractivity contribution in [3.63, 3.8) is 0 Å². The van der Waals surface area contributed by atoms with E-state index in [0.29, 0.717) is 6.54 Å². The van der Waals surface area contributed by atoms with Crippen molar-refractivity contribution in [2.75, 3.05) is 19.7 Å². The molecule has 2 atom stereocenters. The first-order valence-corrected chi connectivity index (χ1v) is 7.12. The monoisotopic (exact) mass is 285 g/mol. The number of benzene rings is 1. The fraction of sp³-hybridized carbons (Fsp3) is 0.600. The molecule has 1 heterocycles. The maximum Gasteiger partial charge on any atom is 0.131 e. The molecule has 1 fully saturated rings. The number of nitrogens with one attached hydrogen (secondary N) is 1. The van der Waals surface area contributed by atoms with E-state index < -0.39 is 17.7 Å². The normalized spacial score (nSPS) is 20.9. The summed E-state index contributed by atoms with van der Waals surface area (Å²) < 4.78 is 31.8. The predicted octanol–water partition coefficient (Wildman–Crippen LogP) is 2.55. The average molecular weight is 285 g/mol. The van der Waals surface area contributed by atoms with Gasteiger partial charge in [-0.2, -0.15) is 0 Å². The number of aliphatic hydroxyl groups excluding tert-OH is 1. The zero-order valence-corrected chi connectivity index (χ0v) is 11.4. The van der Waals surface area contributed by atoms with Crippen molar-refractivity contribution in [1.82, 2.24) is 5.32 Å². The van der Waals surface area contributed by atoms with Gasteiger partial charge in [0.2, 0.25) is 0 Å². The van der Waals surface area contributed by atoms with Crippen LogP contribution < -0.4 is 5.32 Å². The molecule has 0 amide bonds. The molecule has 0 spiro atoms. The highest BCUT2D eigenvalue weighted by molar-refractivity contribution is 5.21. The molecule has 1 saturated heterocycles. The second-order valence-corrected chi connectivity index (χ2v) is 5.16. The summed E-state index contributed by atoms with van der Waals surface area (Å²) in [6, 6.07) is 3.22. The van der Waals surface area contributed by atoms with Crippen molar-refractivity contribution in [2.45, 2.75) is 37.9 Å². The highest BCUT2D eigenvalue weighted by Crippen LogP contribution is 2.18. The van der Waals surface area contributed by atoms with Crippen LogP contribution >= 0.6 is 0 Å². The fourth-order valence-electron chi connectivity index (χ4n) is 2.42. The van der Waals surface area contributed by atoms with E-state index in [2.05, 4.69) is 5.32 Å². The van der Waals surface area contributed by atoms with Gasteiger partial charge < -0.3 is 15.2 Å². The number of halogens is 2. The maximum absolute atomic E-state index is 13.5. The summed E-state index contributed by atoms with van der Waals surface area (Å²) in [5.74, 6) is -1.35. The summed E-state index contributed by atoms with van der Waals surface area (Å²) in [6.45, 7) is 1.79. The van der Waals surface area contributed by atoms with Gasteiger partial charge in [-0.1, -0.05) is 6.07 Å². The summed E-state index contributed by atoms with van der Waals surface area (Å²) in [5, 5.41) is 13.0. The minimum Gasteiger partial charge on any atom is -0.387 e. The van der Waals surface area contributed by atoms with Crippen LogP contribution in [0.3, 0.4) is 0 Å². The van der Waals surface area contributed by atoms with Gasteiger partial charge in [-0.25, -0.2) is 8.78 Å². The van der Waals surface area contributed by atoms with Gasteiger partial charge in [0.05, 0.1) is 12.2 Å². The van der Waals surface area contributed by atoms with E-state index in [-0.39, 0.29) is 18.2 Å². The number of hydrogen-bond donors (Lipinski definition) is 2. The van der Waals surface area contributed by atoms with Crippen molar-refractivity contribution in [2.24, 2.45) is 0 Å². The molecule has 0 aromatic heterocycles. The number of hydrogen-bond acceptors (Lipinski definition) is 3. The number of ether oxygens (including phenoxy) is 1. The van der Waals surface area contributed by atoms with Gasteiger partial charge in [-0.15, -0.1) is 0 Å². The first kappa shape index (κ1) is 15.4. The summed E-state index contributed by atoms with van der Waals surface area (Å²) in [7, 11) is 0. The first-order chi connectivity index (χ1) is 9.66. The molecule has 1 aliphatic rings. The van der Waals surface area contributed by atoms with Crippen LogP contribution in [-0.2, 0) is 4.74 Å². The van der Waals surface area contributed by atoms with Crippen LogP contribution in [0.5, 0.6) is 0 Å². The lowest BCUT2D eigenvalue weighted by atomic mass is 10.1. The van der Waals surface area contributed by atoms with Crippen LogP contribution in [0.4, 0.5) is 8.78 Å². The Morgan fingerprint density at radius 1 is 1.35 bits per heavy atom. The number of aliphatic hydroxyl groups is 1. The van der Waals surface area contributed by atoms with Gasteiger partial charge in [0.1, 0.15) is 11.6 Å². The van der Waals surface area contributed by atoms with Crippen LogP contribution in [-0.4, -0.2) is 30.9 Å². The van der Waals surface area contributed by atoms with Crippen molar-refractivity contribution in [3.8, 4) is 0 Å². The second-order valence-electron chi connectivity index (χ2n) is 5.16. The van der Waals surface area contributed by atoms with Crippen LogP contribution in [0, 0.1) is 11.6 Å². The summed E-state index contributed by atoms with van der Waals surface area (Å²) in [6.07, 6.45) is 3.62. The molecule has 3 nitrogen and oxygen atoms in total. The Morgan fingerprint density at radius 2 is 2.20 bits per heavy atom. The zero-order valence-electron chi connectivity index (χ0n) is 11.4. The quantitative estimate of drug-likeness (QED) is 0.789. The third-order valence-corrected chi connectivity index (χ3v) is 3.58. The van der Waals surface area contributed by atoms with Gasteiger partial charge >= 0.3 is 0 Å². The molecular formula is C15H21F2NO2. The molecule has 112 valence electrons. The third-order valence-electron chi connectivity index (χ3n) is 3.58. The van der Waals surface area contributed by atoms with Crippen molar-refractivity contribution >= 4 is 0 Å². The Hall–Kier alpha value is -1.04. The van der Waals surface area contributed by atoms with Gasteiger partial charge in [-0.05, 0) is 38.3 Å². The molecule has 2 rings (SSSR count). The molecule has 0 radical (unpaired) electrons. The Morgan fingerprint density at radius 3 is 2.90 bits per heavy atom. The molecule has 1 aromatic rings. The number of rotatable bonds is 6. The minimum atomic E-state index is -0.970. The third kappa shape index (κ3) is 4.51. The van der Waals surface area contributed by atoms with E-state index in [1.807, 2.05) is 0 Å². The van der Waals surface area contributed by atoms with Crippen molar-refractivity contribution < 1.29 is 18.6 Å². The van der Waals surface area contributed by atoms with Crippen LogP contribution in [0.2, 0.25) is 0 Å². The van der Waals surface area contributed by atoms with E-state index in [0.717, 1.165) is 38.0 Å². The van der Waals surface area contributed by atoms with Gasteiger partial charge in [0, 0.05) is 24.8 Å². The first-order valence-electron chi connectivity index (χ1n) is 7.12. The Balaban J connectivity index is 1.70. The summed E-state index contributed by atoms with van der Waals surface area (Å²) in [4.78, 5) is 0. The zero-order chi connectivity index (χ0) is 14.4. The Labute approximate surface area is 117 Å². The van der Waals surface area contributed by atoms with Gasteiger partial charge in [0.25, 0.3) is 0 Å². The van der Waals surface area contributed by atoms with E-state index >= 15 is 0 Å². The smallest absolute Gasteiger partial charge is 0.131 e. The van der Waals surface area contributed by atoms with E-state index in [1.54, 1.807) is 0 Å². The maximum atomic E-state index is 13.5. The standard InChI is InChI=1S/C15H21F2NO2/c16-11-4-5-13(14(17)9-11)15(19)10-18-7-6-12-3-1-2-8-20-12/h4-5,9,12,15,18-19H,1-3,6-8,10H2. The lowest BCUT2D eigenvalue weighted by Gasteiger charge is -2.22. The molecule has 2 unspecified atom stereocenters. The summed E-state index contributed by atoms with van der Waals surface area (Å²) in [5.41, 5.74) is 0.118. The van der Waals surface area contributed by atoms with E-state index in [4.69, 9.17) is 4.74 Å². The fourth-order valence-corrected chi connectivity index (χ4v) is 2.42. The predicted molar refractivity (Wildman–Crippen MR) is 72.4 cm³/mol. The average Bonchev–Trinajstić information content (AvgIpc) is 2.44. The highest BCUT2D eigenvalue weighted by atomic mass is 19.1. The van der Waals surface area contributed by atoms with Crippen molar-refractivity contribution in [3.05, 3.63) is 35.4 Å². The topological polar surface area (TPSA) is 41.5 Å². The van der Waals surface area contributed by atoms with Gasteiger partial charge in [-0.3, -0.25) is 0 Å². The van der Waals surface area contributed by atoms with Crippen LogP contribution in [0.1, 0.15) is 37.4 Å². The molecule has 5 heteroatoms. The van der Waals surface area contributed by atoms with Crippen molar-refractivity contribution in [1.29, 1.82) is 0 Å². The lowest BCUT2D eigenvalue weighted by Crippen LogP contribution is -2.28. The highest BCUT2D eigenvalue weighted by Gasteiger charge is 2.15. The van der Waals surface area contributed by atoms with Crippen LogP contribution in [0.25, 0.3) is 0 Å². The molecule has 0 bridgehead atoms. The molecule has 20 heavy (non-hydrogen) atoms.